The Bertz CT molecular complexity index is 520. The third kappa shape index (κ3) is 4.67. The van der Waals surface area contributed by atoms with Crippen molar-refractivity contribution in [1.82, 2.24) is 5.32 Å². The van der Waals surface area contributed by atoms with Gasteiger partial charge in [-0.15, -0.1) is 0 Å². The lowest BCUT2D eigenvalue weighted by Crippen LogP contribution is -2.21. The quantitative estimate of drug-likeness (QED) is 0.861. The van der Waals surface area contributed by atoms with Gasteiger partial charge in [-0.1, -0.05) is 38.1 Å². The maximum Gasteiger partial charge on any atom is 0.123 e. The van der Waals surface area contributed by atoms with Crippen LogP contribution in [-0.4, -0.2) is 6.04 Å². The Kier molecular flexibility index (Phi) is 5.13. The van der Waals surface area contributed by atoms with Crippen molar-refractivity contribution in [2.75, 3.05) is 0 Å². The Hall–Kier alpha value is -1.87. The van der Waals surface area contributed by atoms with E-state index < -0.39 is 0 Å². The molecule has 0 radical (unpaired) electrons. The van der Waals surface area contributed by atoms with Gasteiger partial charge in [-0.25, -0.2) is 4.39 Å². The molecule has 0 unspecified atom stereocenters. The molecule has 0 aliphatic carbocycles. The van der Waals surface area contributed by atoms with Crippen LogP contribution in [0.3, 0.4) is 0 Å². The highest BCUT2D eigenvalue weighted by molar-refractivity contribution is 5.25. The van der Waals surface area contributed by atoms with Gasteiger partial charge in [-0.2, -0.15) is 0 Å². The van der Waals surface area contributed by atoms with E-state index in [0.29, 0.717) is 18.4 Å². The molecule has 0 amide bonds. The van der Waals surface area contributed by atoms with E-state index in [2.05, 4.69) is 43.4 Å². The summed E-state index contributed by atoms with van der Waals surface area (Å²) in [5.74, 6) is 0.427. The summed E-state index contributed by atoms with van der Waals surface area (Å²) in [4.78, 5) is 0. The van der Waals surface area contributed by atoms with Crippen LogP contribution in [0.1, 0.15) is 25.0 Å². The van der Waals surface area contributed by atoms with Gasteiger partial charge in [0.15, 0.2) is 0 Å². The lowest BCUT2D eigenvalue weighted by molar-refractivity contribution is 0.305. The molecule has 0 spiro atoms. The zero-order valence-corrected chi connectivity index (χ0v) is 11.9. The summed E-state index contributed by atoms with van der Waals surface area (Å²) < 4.78 is 18.4. The largest absolute Gasteiger partial charge is 0.489 e. The molecular weight excluding hydrogens is 253 g/mol. The van der Waals surface area contributed by atoms with Crippen LogP contribution in [0.25, 0.3) is 0 Å². The Balaban J connectivity index is 1.85. The van der Waals surface area contributed by atoms with Crippen LogP contribution in [0.2, 0.25) is 0 Å². The minimum atomic E-state index is -0.251. The molecule has 1 N–H and O–H groups in total. The first-order chi connectivity index (χ1) is 9.63. The molecule has 0 heterocycles. The Morgan fingerprint density at radius 3 is 2.15 bits per heavy atom. The lowest BCUT2D eigenvalue weighted by atomic mass is 10.1. The summed E-state index contributed by atoms with van der Waals surface area (Å²) in [5.41, 5.74) is 2.35. The molecule has 2 rings (SSSR count). The van der Waals surface area contributed by atoms with Gasteiger partial charge in [0.2, 0.25) is 0 Å². The van der Waals surface area contributed by atoms with E-state index in [9.17, 15) is 4.39 Å². The van der Waals surface area contributed by atoms with Gasteiger partial charge in [0.25, 0.3) is 0 Å². The standard InChI is InChI=1S/C17H20FNO/c1-13(2)19-11-14-3-5-15(6-4-14)12-20-17-9-7-16(18)8-10-17/h3-10,13,19H,11-12H2,1-2H3. The highest BCUT2D eigenvalue weighted by Crippen LogP contribution is 2.14. The monoisotopic (exact) mass is 273 g/mol. The number of hydrogen-bond donors (Lipinski definition) is 1. The van der Waals surface area contributed by atoms with Crippen LogP contribution in [-0.2, 0) is 13.2 Å². The Labute approximate surface area is 119 Å². The second-order valence-electron chi connectivity index (χ2n) is 5.09. The Morgan fingerprint density at radius 1 is 0.950 bits per heavy atom. The fourth-order valence-electron chi connectivity index (χ4n) is 1.77. The summed E-state index contributed by atoms with van der Waals surface area (Å²) in [6.45, 7) is 5.62. The maximum atomic E-state index is 12.8. The van der Waals surface area contributed by atoms with Crippen molar-refractivity contribution in [2.24, 2.45) is 0 Å². The number of benzene rings is 2. The third-order valence-corrected chi connectivity index (χ3v) is 2.96. The number of halogens is 1. The van der Waals surface area contributed by atoms with Crippen molar-refractivity contribution >= 4 is 0 Å². The maximum absolute atomic E-state index is 12.8. The van der Waals surface area contributed by atoms with Crippen molar-refractivity contribution in [3.63, 3.8) is 0 Å². The molecule has 0 fully saturated rings. The van der Waals surface area contributed by atoms with Gasteiger partial charge in [-0.3, -0.25) is 0 Å². The molecule has 0 aliphatic heterocycles. The molecule has 2 aromatic rings. The molecule has 2 aromatic carbocycles. The van der Waals surface area contributed by atoms with E-state index in [1.807, 2.05) is 0 Å². The molecule has 20 heavy (non-hydrogen) atoms. The molecule has 3 heteroatoms. The van der Waals surface area contributed by atoms with Gasteiger partial charge >= 0.3 is 0 Å². The van der Waals surface area contributed by atoms with Gasteiger partial charge in [-0.05, 0) is 35.4 Å². The number of nitrogens with one attached hydrogen (secondary N) is 1. The summed E-state index contributed by atoms with van der Waals surface area (Å²) in [6, 6.07) is 14.9. The molecule has 0 saturated heterocycles. The predicted molar refractivity (Wildman–Crippen MR) is 79.1 cm³/mol. The smallest absolute Gasteiger partial charge is 0.123 e. The van der Waals surface area contributed by atoms with Gasteiger partial charge in [0.05, 0.1) is 0 Å². The SMILES string of the molecule is CC(C)NCc1ccc(COc2ccc(F)cc2)cc1. The minimum absolute atomic E-state index is 0.251. The first-order valence-electron chi connectivity index (χ1n) is 6.83. The molecule has 0 bridgehead atoms. The number of hydrogen-bond acceptors (Lipinski definition) is 2. The summed E-state index contributed by atoms with van der Waals surface area (Å²) in [6.07, 6.45) is 0. The molecule has 0 aliphatic rings. The van der Waals surface area contributed by atoms with E-state index >= 15 is 0 Å². The second-order valence-corrected chi connectivity index (χ2v) is 5.09. The molecule has 0 aromatic heterocycles. The van der Waals surface area contributed by atoms with Crippen molar-refractivity contribution in [2.45, 2.75) is 33.0 Å². The fourth-order valence-corrected chi connectivity index (χ4v) is 1.77. The van der Waals surface area contributed by atoms with E-state index in [-0.39, 0.29) is 5.82 Å². The second kappa shape index (κ2) is 7.06. The Morgan fingerprint density at radius 2 is 1.55 bits per heavy atom. The highest BCUT2D eigenvalue weighted by atomic mass is 19.1. The van der Waals surface area contributed by atoms with Crippen LogP contribution in [0.4, 0.5) is 4.39 Å². The van der Waals surface area contributed by atoms with Gasteiger partial charge in [0, 0.05) is 12.6 Å². The van der Waals surface area contributed by atoms with Gasteiger partial charge < -0.3 is 10.1 Å². The average Bonchev–Trinajstić information content (AvgIpc) is 2.45. The fraction of sp³-hybridized carbons (Fsp3) is 0.294. The van der Waals surface area contributed by atoms with E-state index in [0.717, 1.165) is 12.1 Å². The normalized spacial score (nSPS) is 10.8. The number of ether oxygens (including phenoxy) is 1. The van der Waals surface area contributed by atoms with E-state index in [4.69, 9.17) is 4.74 Å². The van der Waals surface area contributed by atoms with Crippen LogP contribution in [0.15, 0.2) is 48.5 Å². The average molecular weight is 273 g/mol. The zero-order chi connectivity index (χ0) is 14.4. The van der Waals surface area contributed by atoms with Gasteiger partial charge in [0.1, 0.15) is 18.2 Å². The van der Waals surface area contributed by atoms with Crippen molar-refractivity contribution in [3.8, 4) is 5.75 Å². The third-order valence-electron chi connectivity index (χ3n) is 2.96. The summed E-state index contributed by atoms with van der Waals surface area (Å²) in [5, 5.41) is 3.38. The van der Waals surface area contributed by atoms with Crippen molar-refractivity contribution in [3.05, 3.63) is 65.5 Å². The van der Waals surface area contributed by atoms with E-state index in [1.165, 1.54) is 17.7 Å². The van der Waals surface area contributed by atoms with Crippen LogP contribution in [0.5, 0.6) is 5.75 Å². The van der Waals surface area contributed by atoms with Crippen LogP contribution in [0, 0.1) is 5.82 Å². The number of rotatable bonds is 6. The molecule has 2 nitrogen and oxygen atoms in total. The molecule has 0 saturated carbocycles. The lowest BCUT2D eigenvalue weighted by Gasteiger charge is -2.09. The first kappa shape index (κ1) is 14.5. The zero-order valence-electron chi connectivity index (χ0n) is 11.9. The summed E-state index contributed by atoms with van der Waals surface area (Å²) in [7, 11) is 0. The predicted octanol–water partition coefficient (Wildman–Crippen LogP) is 3.90. The molecule has 106 valence electrons. The minimum Gasteiger partial charge on any atom is -0.489 e. The highest BCUT2D eigenvalue weighted by Gasteiger charge is 1.99. The van der Waals surface area contributed by atoms with Crippen LogP contribution >= 0.6 is 0 Å². The topological polar surface area (TPSA) is 21.3 Å². The molecular formula is C17H20FNO. The van der Waals surface area contributed by atoms with Crippen molar-refractivity contribution in [1.29, 1.82) is 0 Å². The van der Waals surface area contributed by atoms with Crippen LogP contribution < -0.4 is 10.1 Å². The first-order valence-corrected chi connectivity index (χ1v) is 6.83. The van der Waals surface area contributed by atoms with Crippen molar-refractivity contribution < 1.29 is 9.13 Å². The summed E-state index contributed by atoms with van der Waals surface area (Å²) >= 11 is 0. The molecule has 0 atom stereocenters. The van der Waals surface area contributed by atoms with E-state index in [1.54, 1.807) is 12.1 Å².